The monoisotopic (exact) mass is 387 g/mol. The Morgan fingerprint density at radius 3 is 2.96 bits per heavy atom. The molecule has 0 saturated heterocycles. The number of ether oxygens (including phenoxy) is 1. The largest absolute Gasteiger partial charge is 0.451 e. The molecule has 26 heavy (non-hydrogen) atoms. The molecule has 132 valence electrons. The highest BCUT2D eigenvalue weighted by Crippen LogP contribution is 2.31. The van der Waals surface area contributed by atoms with Crippen molar-refractivity contribution in [2.24, 2.45) is 0 Å². The number of nitrogens with one attached hydrogen (secondary N) is 1. The van der Waals surface area contributed by atoms with Crippen molar-refractivity contribution >= 4 is 45.0 Å². The fraction of sp³-hybridized carbons (Fsp3) is 0.167. The second-order valence-corrected chi connectivity index (χ2v) is 6.83. The first-order valence-electron chi connectivity index (χ1n) is 7.62. The van der Waals surface area contributed by atoms with Crippen LogP contribution in [-0.2, 0) is 9.53 Å². The number of hydrogen-bond acceptors (Lipinski definition) is 5. The van der Waals surface area contributed by atoms with Gasteiger partial charge in [-0.1, -0.05) is 23.6 Å². The van der Waals surface area contributed by atoms with Crippen LogP contribution in [0.5, 0.6) is 0 Å². The van der Waals surface area contributed by atoms with Crippen LogP contribution < -0.4 is 5.32 Å². The van der Waals surface area contributed by atoms with E-state index in [1.165, 1.54) is 11.3 Å². The molecule has 6 nitrogen and oxygen atoms in total. The Bertz CT molecular complexity index is 1030. The van der Waals surface area contributed by atoms with Crippen LogP contribution in [0.4, 0.5) is 0 Å². The lowest BCUT2D eigenvalue weighted by Crippen LogP contribution is -2.28. The van der Waals surface area contributed by atoms with Crippen molar-refractivity contribution in [3.05, 3.63) is 45.9 Å². The maximum absolute atomic E-state index is 12.2. The average Bonchev–Trinajstić information content (AvgIpc) is 3.18. The highest BCUT2D eigenvalue weighted by atomic mass is 35.5. The number of hydrogen-bond donors (Lipinski definition) is 1. The van der Waals surface area contributed by atoms with Gasteiger partial charge in [-0.15, -0.1) is 17.8 Å². The van der Waals surface area contributed by atoms with Crippen LogP contribution in [0.1, 0.15) is 15.4 Å². The molecular weight excluding hydrogens is 374 g/mol. The molecule has 3 rings (SSSR count). The van der Waals surface area contributed by atoms with Crippen molar-refractivity contribution in [3.63, 3.8) is 0 Å². The van der Waals surface area contributed by atoms with Crippen molar-refractivity contribution in [1.29, 1.82) is 0 Å². The molecule has 1 aromatic carbocycles. The lowest BCUT2D eigenvalue weighted by atomic mass is 10.3. The minimum absolute atomic E-state index is 0.0912. The highest BCUT2D eigenvalue weighted by molar-refractivity contribution is 7.20. The summed E-state index contributed by atoms with van der Waals surface area (Å²) in [6.07, 6.45) is 5.05. The van der Waals surface area contributed by atoms with E-state index in [1.54, 1.807) is 22.9 Å². The van der Waals surface area contributed by atoms with Crippen molar-refractivity contribution in [1.82, 2.24) is 15.1 Å². The van der Waals surface area contributed by atoms with Gasteiger partial charge in [-0.2, -0.15) is 5.10 Å². The van der Waals surface area contributed by atoms with E-state index in [-0.39, 0.29) is 13.2 Å². The van der Waals surface area contributed by atoms with E-state index in [4.69, 9.17) is 22.8 Å². The number of carbonyl (C=O) groups excluding carboxylic acids is 2. The summed E-state index contributed by atoms with van der Waals surface area (Å²) < 4.78 is 6.76. The van der Waals surface area contributed by atoms with E-state index < -0.39 is 11.9 Å². The Hall–Kier alpha value is -2.82. The van der Waals surface area contributed by atoms with Crippen LogP contribution >= 0.6 is 22.9 Å². The van der Waals surface area contributed by atoms with Gasteiger partial charge in [0.25, 0.3) is 5.91 Å². The van der Waals surface area contributed by atoms with Gasteiger partial charge >= 0.3 is 5.97 Å². The topological polar surface area (TPSA) is 73.2 Å². The summed E-state index contributed by atoms with van der Waals surface area (Å²) in [7, 11) is 0. The number of aromatic nitrogens is 2. The minimum Gasteiger partial charge on any atom is -0.451 e. The molecule has 0 radical (unpaired) electrons. The normalized spacial score (nSPS) is 10.5. The van der Waals surface area contributed by atoms with Gasteiger partial charge < -0.3 is 10.1 Å². The third-order valence-electron chi connectivity index (χ3n) is 3.52. The van der Waals surface area contributed by atoms with E-state index in [9.17, 15) is 9.59 Å². The molecule has 0 saturated carbocycles. The number of amides is 1. The molecule has 0 spiro atoms. The molecule has 0 aliphatic heterocycles. The van der Waals surface area contributed by atoms with Crippen LogP contribution in [0.3, 0.4) is 0 Å². The summed E-state index contributed by atoms with van der Waals surface area (Å²) in [5, 5.41) is 8.37. The summed E-state index contributed by atoms with van der Waals surface area (Å²) >= 11 is 7.30. The zero-order valence-corrected chi connectivity index (χ0v) is 15.4. The molecule has 2 aromatic heterocycles. The number of terminal acetylenes is 1. The van der Waals surface area contributed by atoms with Gasteiger partial charge in [0, 0.05) is 10.4 Å². The number of rotatable bonds is 5. The molecule has 0 atom stereocenters. The van der Waals surface area contributed by atoms with Gasteiger partial charge in [-0.05, 0) is 31.2 Å². The van der Waals surface area contributed by atoms with Gasteiger partial charge in [-0.25, -0.2) is 9.48 Å². The number of thiophene rings is 1. The molecule has 0 bridgehead atoms. The zero-order chi connectivity index (χ0) is 18.7. The second-order valence-electron chi connectivity index (χ2n) is 5.36. The van der Waals surface area contributed by atoms with Crippen LogP contribution in [0.2, 0.25) is 5.02 Å². The Labute approximate surface area is 158 Å². The van der Waals surface area contributed by atoms with Crippen molar-refractivity contribution in [2.75, 3.05) is 13.2 Å². The summed E-state index contributed by atoms with van der Waals surface area (Å²) in [6.45, 7) is 1.57. The van der Waals surface area contributed by atoms with E-state index in [1.807, 2.05) is 19.1 Å². The van der Waals surface area contributed by atoms with E-state index >= 15 is 0 Å². The summed E-state index contributed by atoms with van der Waals surface area (Å²) in [6, 6.07) is 9.00. The maximum atomic E-state index is 12.2. The molecule has 3 aromatic rings. The molecule has 0 aliphatic rings. The molecule has 2 heterocycles. The Morgan fingerprint density at radius 2 is 2.23 bits per heavy atom. The molecule has 1 amide bonds. The zero-order valence-electron chi connectivity index (χ0n) is 13.8. The molecule has 0 unspecified atom stereocenters. The first kappa shape index (κ1) is 18.0. The minimum atomic E-state index is -0.570. The van der Waals surface area contributed by atoms with Crippen molar-refractivity contribution in [3.8, 4) is 18.0 Å². The third-order valence-corrected chi connectivity index (χ3v) is 4.85. The second kappa shape index (κ2) is 7.60. The van der Waals surface area contributed by atoms with Crippen LogP contribution in [0.25, 0.3) is 15.9 Å². The Kier molecular flexibility index (Phi) is 5.26. The first-order chi connectivity index (χ1) is 12.5. The van der Waals surface area contributed by atoms with Gasteiger partial charge in [0.2, 0.25) is 0 Å². The molecule has 0 aliphatic carbocycles. The average molecular weight is 388 g/mol. The van der Waals surface area contributed by atoms with Crippen LogP contribution in [0.15, 0.2) is 30.3 Å². The van der Waals surface area contributed by atoms with Gasteiger partial charge in [0.05, 0.1) is 17.9 Å². The number of esters is 1. The maximum Gasteiger partial charge on any atom is 0.348 e. The smallest absolute Gasteiger partial charge is 0.348 e. The summed E-state index contributed by atoms with van der Waals surface area (Å²) in [5.74, 6) is 1.26. The Morgan fingerprint density at radius 1 is 1.42 bits per heavy atom. The van der Waals surface area contributed by atoms with E-state index in [0.717, 1.165) is 21.6 Å². The lowest BCUT2D eigenvalue weighted by molar-refractivity contribution is -0.123. The first-order valence-corrected chi connectivity index (χ1v) is 8.81. The van der Waals surface area contributed by atoms with Gasteiger partial charge in [0.1, 0.15) is 9.71 Å². The molecule has 0 fully saturated rings. The number of carbonyl (C=O) groups is 2. The standard InChI is InChI=1S/C18H14ClN3O3S/c1-3-7-20-16(23)10-25-18(24)15-9-14-11(2)21-22(17(14)26-15)13-6-4-5-12(19)8-13/h1,4-6,8-9H,7,10H2,2H3,(H,20,23). The SMILES string of the molecule is C#CCNC(=O)COC(=O)c1cc2c(C)nn(-c3cccc(Cl)c3)c2s1. The van der Waals surface area contributed by atoms with Crippen LogP contribution in [0, 0.1) is 19.3 Å². The Balaban J connectivity index is 1.83. The fourth-order valence-corrected chi connectivity index (χ4v) is 3.59. The predicted octanol–water partition coefficient (Wildman–Crippen LogP) is 2.96. The molecule has 8 heteroatoms. The summed E-state index contributed by atoms with van der Waals surface area (Å²) in [4.78, 5) is 24.9. The number of aryl methyl sites for hydroxylation is 1. The third kappa shape index (κ3) is 3.72. The lowest BCUT2D eigenvalue weighted by Gasteiger charge is -2.03. The predicted molar refractivity (Wildman–Crippen MR) is 101 cm³/mol. The van der Waals surface area contributed by atoms with Gasteiger partial charge in [-0.3, -0.25) is 4.79 Å². The number of benzene rings is 1. The van der Waals surface area contributed by atoms with Gasteiger partial charge in [0.15, 0.2) is 6.61 Å². The quantitative estimate of drug-likeness (QED) is 0.539. The highest BCUT2D eigenvalue weighted by Gasteiger charge is 2.19. The molecular formula is C18H14ClN3O3S. The van der Waals surface area contributed by atoms with Crippen molar-refractivity contribution < 1.29 is 14.3 Å². The summed E-state index contributed by atoms with van der Waals surface area (Å²) in [5.41, 5.74) is 1.58. The van der Waals surface area contributed by atoms with E-state index in [2.05, 4.69) is 16.3 Å². The fourth-order valence-electron chi connectivity index (χ4n) is 2.33. The van der Waals surface area contributed by atoms with E-state index in [0.29, 0.717) is 9.90 Å². The number of halogens is 1. The number of nitrogens with zero attached hydrogens (tertiary/aromatic N) is 2. The van der Waals surface area contributed by atoms with Crippen molar-refractivity contribution in [2.45, 2.75) is 6.92 Å². The number of fused-ring (bicyclic) bond motifs is 1. The molecule has 1 N–H and O–H groups in total. The van der Waals surface area contributed by atoms with Crippen LogP contribution in [-0.4, -0.2) is 34.8 Å².